The van der Waals surface area contributed by atoms with Gasteiger partial charge < -0.3 is 5.32 Å². The minimum Gasteiger partial charge on any atom is -0.340 e. The fraction of sp³-hybridized carbons (Fsp3) is 0.0500. The number of carbonyl (C=O) groups excluding carboxylic acids is 1. The first-order valence-electron chi connectivity index (χ1n) is 8.42. The number of ketones is 1. The largest absolute Gasteiger partial charge is 0.340 e. The number of fused-ring (bicyclic) bond motifs is 3. The van der Waals surface area contributed by atoms with Gasteiger partial charge >= 0.3 is 5.69 Å². The Balaban J connectivity index is 1.85. The molecule has 6 nitrogen and oxygen atoms in total. The van der Waals surface area contributed by atoms with Crippen LogP contribution < -0.4 is 16.6 Å². The average Bonchev–Trinajstić information content (AvgIpc) is 2.95. The fourth-order valence-electron chi connectivity index (χ4n) is 3.88. The van der Waals surface area contributed by atoms with Crippen LogP contribution in [-0.2, 0) is 0 Å². The zero-order chi connectivity index (χ0) is 19.6. The van der Waals surface area contributed by atoms with Crippen LogP contribution in [0.1, 0.15) is 33.0 Å². The second-order valence-corrected chi connectivity index (χ2v) is 7.45. The molecule has 8 heteroatoms. The molecule has 2 aliphatic rings. The summed E-state index contributed by atoms with van der Waals surface area (Å²) in [5.41, 5.74) is 1.65. The molecule has 28 heavy (non-hydrogen) atoms. The van der Waals surface area contributed by atoms with Gasteiger partial charge in [0.1, 0.15) is 11.6 Å². The smallest absolute Gasteiger partial charge is 0.327 e. The first kappa shape index (κ1) is 16.9. The highest BCUT2D eigenvalue weighted by Crippen LogP contribution is 2.47. The Morgan fingerprint density at radius 3 is 2.46 bits per heavy atom. The van der Waals surface area contributed by atoms with Gasteiger partial charge in [-0.1, -0.05) is 30.3 Å². The van der Waals surface area contributed by atoms with Crippen molar-refractivity contribution < 1.29 is 9.18 Å². The van der Waals surface area contributed by atoms with Crippen LogP contribution in [0.4, 0.5) is 10.2 Å². The average molecular weight is 440 g/mol. The van der Waals surface area contributed by atoms with Crippen LogP contribution in [-0.4, -0.2) is 15.8 Å². The van der Waals surface area contributed by atoms with Crippen LogP contribution in [0.3, 0.4) is 0 Å². The number of H-pyrrole nitrogens is 2. The predicted octanol–water partition coefficient (Wildman–Crippen LogP) is 3.13. The lowest BCUT2D eigenvalue weighted by atomic mass is 9.81. The number of halogens is 2. The van der Waals surface area contributed by atoms with Crippen molar-refractivity contribution in [3.63, 3.8) is 0 Å². The standard InChI is InChI=1S/C20H11BrFN3O3/c21-11-7-8(5-6-12(11)22)13-14-16(9-3-1-2-4-10(9)17(14)26)23-18-15(13)19(27)25-20(28)24-18/h1-7,13H,(H3,23,24,25,27,28)/t13-/m0/s1. The number of rotatable bonds is 1. The SMILES string of the molecule is O=C1C2=C(Nc3[nH]c(=O)[nH]c(=O)c3[C@H]2c2ccc(F)c(Br)c2)c2ccccc21. The molecule has 0 saturated heterocycles. The van der Waals surface area contributed by atoms with E-state index in [1.807, 2.05) is 6.07 Å². The van der Waals surface area contributed by atoms with Gasteiger partial charge in [-0.25, -0.2) is 9.18 Å². The van der Waals surface area contributed by atoms with Gasteiger partial charge in [-0.2, -0.15) is 0 Å². The molecule has 0 radical (unpaired) electrons. The quantitative estimate of drug-likeness (QED) is 0.542. The molecule has 3 N–H and O–H groups in total. The third-order valence-corrected chi connectivity index (χ3v) is 5.65. The normalized spacial score (nSPS) is 17.1. The van der Waals surface area contributed by atoms with Crippen molar-refractivity contribution in [2.75, 3.05) is 5.32 Å². The van der Waals surface area contributed by atoms with Crippen molar-refractivity contribution in [2.45, 2.75) is 5.92 Å². The van der Waals surface area contributed by atoms with Crippen LogP contribution in [0.2, 0.25) is 0 Å². The molecule has 1 aliphatic heterocycles. The summed E-state index contributed by atoms with van der Waals surface area (Å²) in [6.07, 6.45) is 0. The molecule has 1 atom stereocenters. The topological polar surface area (TPSA) is 94.8 Å². The summed E-state index contributed by atoms with van der Waals surface area (Å²) in [6, 6.07) is 11.4. The molecule has 1 aliphatic carbocycles. The fourth-order valence-corrected chi connectivity index (χ4v) is 4.27. The summed E-state index contributed by atoms with van der Waals surface area (Å²) in [5.74, 6) is -1.20. The van der Waals surface area contributed by atoms with E-state index in [9.17, 15) is 18.8 Å². The number of benzene rings is 2. The number of carbonyl (C=O) groups is 1. The molecule has 0 unspecified atom stereocenters. The Morgan fingerprint density at radius 1 is 0.964 bits per heavy atom. The number of allylic oxidation sites excluding steroid dienone is 1. The maximum atomic E-state index is 13.8. The van der Waals surface area contributed by atoms with Gasteiger partial charge in [0.2, 0.25) is 0 Å². The third kappa shape index (κ3) is 2.27. The van der Waals surface area contributed by atoms with Crippen LogP contribution >= 0.6 is 15.9 Å². The highest BCUT2D eigenvalue weighted by atomic mass is 79.9. The van der Waals surface area contributed by atoms with Crippen LogP contribution in [0.15, 0.2) is 62.1 Å². The Morgan fingerprint density at radius 2 is 1.71 bits per heavy atom. The molecule has 3 aromatic rings. The lowest BCUT2D eigenvalue weighted by Crippen LogP contribution is -2.33. The molecule has 0 amide bonds. The third-order valence-electron chi connectivity index (χ3n) is 5.04. The van der Waals surface area contributed by atoms with E-state index in [-0.39, 0.29) is 21.6 Å². The molecule has 138 valence electrons. The van der Waals surface area contributed by atoms with Crippen LogP contribution in [0, 0.1) is 5.82 Å². The molecule has 2 heterocycles. The van der Waals surface area contributed by atoms with Gasteiger partial charge in [0, 0.05) is 22.6 Å². The Bertz CT molecular complexity index is 1340. The summed E-state index contributed by atoms with van der Waals surface area (Å²) < 4.78 is 14.0. The monoisotopic (exact) mass is 439 g/mol. The molecular weight excluding hydrogens is 429 g/mol. The second-order valence-electron chi connectivity index (χ2n) is 6.59. The molecule has 5 rings (SSSR count). The minimum atomic E-state index is -0.761. The van der Waals surface area contributed by atoms with E-state index < -0.39 is 23.0 Å². The molecule has 0 saturated carbocycles. The van der Waals surface area contributed by atoms with Crippen LogP contribution in [0.5, 0.6) is 0 Å². The number of Topliss-reactive ketones (excluding diaryl/α,β-unsaturated/α-hetero) is 1. The number of anilines is 1. The van der Waals surface area contributed by atoms with E-state index in [0.717, 1.165) is 0 Å². The van der Waals surface area contributed by atoms with Gasteiger partial charge in [-0.05, 0) is 33.6 Å². The van der Waals surface area contributed by atoms with E-state index in [1.165, 1.54) is 12.1 Å². The highest BCUT2D eigenvalue weighted by Gasteiger charge is 2.41. The maximum absolute atomic E-state index is 13.8. The van der Waals surface area contributed by atoms with E-state index >= 15 is 0 Å². The first-order chi connectivity index (χ1) is 13.5. The van der Waals surface area contributed by atoms with E-state index in [2.05, 4.69) is 31.2 Å². The zero-order valence-corrected chi connectivity index (χ0v) is 15.7. The number of aromatic nitrogens is 2. The lowest BCUT2D eigenvalue weighted by molar-refractivity contribution is 0.103. The van der Waals surface area contributed by atoms with Gasteiger partial charge in [-0.3, -0.25) is 19.6 Å². The summed E-state index contributed by atoms with van der Waals surface area (Å²) in [7, 11) is 0. The Labute approximate surface area is 165 Å². The zero-order valence-electron chi connectivity index (χ0n) is 14.1. The van der Waals surface area contributed by atoms with E-state index in [1.54, 1.807) is 24.3 Å². The second kappa shape index (κ2) is 5.87. The van der Waals surface area contributed by atoms with E-state index in [4.69, 9.17) is 0 Å². The molecule has 0 bridgehead atoms. The summed E-state index contributed by atoms with van der Waals surface area (Å²) in [6.45, 7) is 0. The number of aromatic amines is 2. The maximum Gasteiger partial charge on any atom is 0.327 e. The number of hydrogen-bond acceptors (Lipinski definition) is 4. The first-order valence-corrected chi connectivity index (χ1v) is 9.21. The summed E-state index contributed by atoms with van der Waals surface area (Å²) in [4.78, 5) is 42.5. The van der Waals surface area contributed by atoms with Crippen LogP contribution in [0.25, 0.3) is 5.70 Å². The Kier molecular flexibility index (Phi) is 3.54. The molecule has 1 aromatic heterocycles. The highest BCUT2D eigenvalue weighted by molar-refractivity contribution is 9.10. The number of hydrogen-bond donors (Lipinski definition) is 3. The van der Waals surface area contributed by atoms with Crippen molar-refractivity contribution in [2.24, 2.45) is 0 Å². The van der Waals surface area contributed by atoms with Crippen molar-refractivity contribution in [3.8, 4) is 0 Å². The summed E-state index contributed by atoms with van der Waals surface area (Å²) in [5, 5.41) is 3.05. The van der Waals surface area contributed by atoms with Crippen molar-refractivity contribution in [1.82, 2.24) is 9.97 Å². The predicted molar refractivity (Wildman–Crippen MR) is 105 cm³/mol. The molecule has 2 aromatic carbocycles. The van der Waals surface area contributed by atoms with Gasteiger partial charge in [0.15, 0.2) is 5.78 Å². The van der Waals surface area contributed by atoms with Gasteiger partial charge in [-0.15, -0.1) is 0 Å². The van der Waals surface area contributed by atoms with Crippen molar-refractivity contribution in [3.05, 3.63) is 101 Å². The minimum absolute atomic E-state index is 0.206. The van der Waals surface area contributed by atoms with Gasteiger partial charge in [0.25, 0.3) is 5.56 Å². The van der Waals surface area contributed by atoms with Gasteiger partial charge in [0.05, 0.1) is 15.7 Å². The summed E-state index contributed by atoms with van der Waals surface area (Å²) >= 11 is 3.16. The van der Waals surface area contributed by atoms with E-state index in [0.29, 0.717) is 28.0 Å². The Hall–Kier alpha value is -3.26. The van der Waals surface area contributed by atoms with Crippen molar-refractivity contribution >= 4 is 33.2 Å². The molecular formula is C20H11BrFN3O3. The van der Waals surface area contributed by atoms with Crippen molar-refractivity contribution in [1.29, 1.82) is 0 Å². The molecule has 0 fully saturated rings. The lowest BCUT2D eigenvalue weighted by Gasteiger charge is -2.27. The number of nitrogens with one attached hydrogen (secondary N) is 3. The molecule has 0 spiro atoms.